The number of hydrogen-bond donors (Lipinski definition) is 3. The SMILES string of the molecule is O=C(O)C(=O)CC=CC(=O)c1cccc(C(=O)O)c1C(=O)O. The first-order valence-electron chi connectivity index (χ1n) is 5.82. The molecule has 0 spiro atoms. The molecule has 8 heteroatoms. The standard InChI is InChI=1S/C14H10O8/c15-9(5-2-6-10(16)13(19)20)7-3-1-4-8(12(17)18)11(7)14(21)22/h1-5H,6H2,(H,17,18)(H,19,20)(H,21,22). The first kappa shape index (κ1) is 16.8. The van der Waals surface area contributed by atoms with E-state index in [1.807, 2.05) is 0 Å². The molecule has 0 amide bonds. The number of ketones is 2. The van der Waals surface area contributed by atoms with Crippen molar-refractivity contribution in [1.82, 2.24) is 0 Å². The van der Waals surface area contributed by atoms with Crippen molar-refractivity contribution in [2.45, 2.75) is 6.42 Å². The van der Waals surface area contributed by atoms with Crippen molar-refractivity contribution in [1.29, 1.82) is 0 Å². The van der Waals surface area contributed by atoms with Gasteiger partial charge in [0.2, 0.25) is 5.78 Å². The van der Waals surface area contributed by atoms with Gasteiger partial charge >= 0.3 is 17.9 Å². The number of carbonyl (C=O) groups is 5. The van der Waals surface area contributed by atoms with Crippen LogP contribution in [0.1, 0.15) is 37.5 Å². The van der Waals surface area contributed by atoms with E-state index >= 15 is 0 Å². The molecule has 0 fully saturated rings. The highest BCUT2D eigenvalue weighted by atomic mass is 16.4. The third kappa shape index (κ3) is 3.85. The molecule has 0 saturated carbocycles. The Balaban J connectivity index is 3.13. The van der Waals surface area contributed by atoms with E-state index in [9.17, 15) is 24.0 Å². The van der Waals surface area contributed by atoms with Gasteiger partial charge in [-0.15, -0.1) is 0 Å². The molecule has 114 valence electrons. The summed E-state index contributed by atoms with van der Waals surface area (Å²) in [4.78, 5) is 55.2. The van der Waals surface area contributed by atoms with Crippen LogP contribution in [0.2, 0.25) is 0 Å². The van der Waals surface area contributed by atoms with E-state index < -0.39 is 47.0 Å². The summed E-state index contributed by atoms with van der Waals surface area (Å²) in [5.74, 6) is -6.73. The van der Waals surface area contributed by atoms with Gasteiger partial charge in [-0.1, -0.05) is 18.2 Å². The largest absolute Gasteiger partial charge is 0.478 e. The summed E-state index contributed by atoms with van der Waals surface area (Å²) in [7, 11) is 0. The number of carboxylic acid groups (broad SMARTS) is 3. The Kier molecular flexibility index (Phi) is 5.28. The van der Waals surface area contributed by atoms with Gasteiger partial charge in [-0.3, -0.25) is 9.59 Å². The summed E-state index contributed by atoms with van der Waals surface area (Å²) < 4.78 is 0. The average Bonchev–Trinajstić information content (AvgIpc) is 2.45. The molecule has 0 aromatic heterocycles. The van der Waals surface area contributed by atoms with E-state index in [4.69, 9.17) is 15.3 Å². The smallest absolute Gasteiger partial charge is 0.372 e. The lowest BCUT2D eigenvalue weighted by atomic mass is 9.97. The van der Waals surface area contributed by atoms with Gasteiger partial charge in [0.15, 0.2) is 5.78 Å². The zero-order valence-electron chi connectivity index (χ0n) is 11.0. The summed E-state index contributed by atoms with van der Waals surface area (Å²) >= 11 is 0. The van der Waals surface area contributed by atoms with Crippen LogP contribution in [0.15, 0.2) is 30.4 Å². The Morgan fingerprint density at radius 3 is 2.00 bits per heavy atom. The van der Waals surface area contributed by atoms with Gasteiger partial charge in [-0.2, -0.15) is 0 Å². The molecule has 1 aromatic carbocycles. The second-order valence-corrected chi connectivity index (χ2v) is 4.04. The Morgan fingerprint density at radius 2 is 1.50 bits per heavy atom. The summed E-state index contributed by atoms with van der Waals surface area (Å²) in [5.41, 5.74) is -1.59. The summed E-state index contributed by atoms with van der Waals surface area (Å²) in [6.07, 6.45) is 1.26. The quantitative estimate of drug-likeness (QED) is 0.382. The summed E-state index contributed by atoms with van der Waals surface area (Å²) in [6, 6.07) is 3.38. The van der Waals surface area contributed by atoms with E-state index in [1.165, 1.54) is 6.07 Å². The molecular weight excluding hydrogens is 296 g/mol. The van der Waals surface area contributed by atoms with Gasteiger partial charge in [0.05, 0.1) is 11.1 Å². The molecule has 0 atom stereocenters. The monoisotopic (exact) mass is 306 g/mol. The fourth-order valence-electron chi connectivity index (χ4n) is 1.62. The minimum Gasteiger partial charge on any atom is -0.478 e. The van der Waals surface area contributed by atoms with Gasteiger partial charge in [-0.05, 0) is 12.1 Å². The van der Waals surface area contributed by atoms with Crippen molar-refractivity contribution >= 4 is 29.5 Å². The van der Waals surface area contributed by atoms with Gasteiger partial charge in [0, 0.05) is 12.0 Å². The molecule has 22 heavy (non-hydrogen) atoms. The Labute approximate surface area is 123 Å². The van der Waals surface area contributed by atoms with Crippen molar-refractivity contribution < 1.29 is 39.3 Å². The lowest BCUT2D eigenvalue weighted by Gasteiger charge is -2.06. The number of allylic oxidation sites excluding steroid dienone is 2. The number of benzene rings is 1. The van der Waals surface area contributed by atoms with Gasteiger partial charge < -0.3 is 15.3 Å². The second-order valence-electron chi connectivity index (χ2n) is 4.04. The number of carbonyl (C=O) groups excluding carboxylic acids is 2. The Hall–Kier alpha value is -3.29. The fourth-order valence-corrected chi connectivity index (χ4v) is 1.62. The number of hydrogen-bond acceptors (Lipinski definition) is 5. The Morgan fingerprint density at radius 1 is 0.909 bits per heavy atom. The van der Waals surface area contributed by atoms with Gasteiger partial charge in [0.1, 0.15) is 0 Å². The molecule has 1 aromatic rings. The van der Waals surface area contributed by atoms with Crippen LogP contribution >= 0.6 is 0 Å². The van der Waals surface area contributed by atoms with Crippen molar-refractivity contribution in [2.24, 2.45) is 0 Å². The van der Waals surface area contributed by atoms with E-state index in [1.54, 1.807) is 0 Å². The molecule has 3 N–H and O–H groups in total. The summed E-state index contributed by atoms with van der Waals surface area (Å²) in [6.45, 7) is 0. The first-order chi connectivity index (χ1) is 10.3. The molecule has 0 unspecified atom stereocenters. The number of carboxylic acids is 3. The third-order valence-electron chi connectivity index (χ3n) is 2.59. The maximum Gasteiger partial charge on any atom is 0.372 e. The minimum atomic E-state index is -1.66. The lowest BCUT2D eigenvalue weighted by molar-refractivity contribution is -0.148. The third-order valence-corrected chi connectivity index (χ3v) is 2.59. The van der Waals surface area contributed by atoms with Gasteiger partial charge in [-0.25, -0.2) is 14.4 Å². The van der Waals surface area contributed by atoms with Crippen molar-refractivity contribution in [3.05, 3.63) is 47.0 Å². The summed E-state index contributed by atoms with van der Waals surface area (Å²) in [5, 5.41) is 26.4. The Bertz CT molecular complexity index is 699. The molecule has 8 nitrogen and oxygen atoms in total. The predicted octanol–water partition coefficient (Wildman–Crippen LogP) is 0.866. The second kappa shape index (κ2) is 6.93. The van der Waals surface area contributed by atoms with E-state index in [2.05, 4.69) is 0 Å². The van der Waals surface area contributed by atoms with Crippen LogP contribution in [0.4, 0.5) is 0 Å². The number of aliphatic carboxylic acids is 1. The van der Waals surface area contributed by atoms with E-state index in [0.717, 1.165) is 24.3 Å². The molecule has 1 rings (SSSR count). The number of aromatic carboxylic acids is 2. The van der Waals surface area contributed by atoms with Crippen LogP contribution in [0.3, 0.4) is 0 Å². The lowest BCUT2D eigenvalue weighted by Crippen LogP contribution is -2.14. The molecule has 0 saturated heterocycles. The molecule has 0 heterocycles. The van der Waals surface area contributed by atoms with Crippen LogP contribution in [-0.4, -0.2) is 44.8 Å². The zero-order valence-corrected chi connectivity index (χ0v) is 11.0. The molecule has 0 aliphatic heterocycles. The highest BCUT2D eigenvalue weighted by molar-refractivity contribution is 6.33. The molecule has 0 radical (unpaired) electrons. The highest BCUT2D eigenvalue weighted by Crippen LogP contribution is 2.16. The maximum absolute atomic E-state index is 11.9. The number of rotatable bonds is 7. The minimum absolute atomic E-state index is 0.369. The number of Topliss-reactive ketones (excluding diaryl/α,β-unsaturated/α-hetero) is 1. The van der Waals surface area contributed by atoms with E-state index in [0.29, 0.717) is 0 Å². The highest BCUT2D eigenvalue weighted by Gasteiger charge is 2.22. The van der Waals surface area contributed by atoms with Crippen molar-refractivity contribution in [3.8, 4) is 0 Å². The molecular formula is C14H10O8. The van der Waals surface area contributed by atoms with Crippen LogP contribution in [0.5, 0.6) is 0 Å². The first-order valence-corrected chi connectivity index (χ1v) is 5.82. The molecule has 0 aliphatic carbocycles. The predicted molar refractivity (Wildman–Crippen MR) is 71.1 cm³/mol. The van der Waals surface area contributed by atoms with E-state index in [-0.39, 0.29) is 5.56 Å². The van der Waals surface area contributed by atoms with Crippen LogP contribution in [-0.2, 0) is 9.59 Å². The maximum atomic E-state index is 11.9. The molecule has 0 aliphatic rings. The topological polar surface area (TPSA) is 146 Å². The van der Waals surface area contributed by atoms with Crippen LogP contribution in [0, 0.1) is 0 Å². The van der Waals surface area contributed by atoms with Gasteiger partial charge in [0.25, 0.3) is 0 Å². The van der Waals surface area contributed by atoms with Crippen LogP contribution in [0.25, 0.3) is 0 Å². The fraction of sp³-hybridized carbons (Fsp3) is 0.0714. The average molecular weight is 306 g/mol. The van der Waals surface area contributed by atoms with Crippen LogP contribution < -0.4 is 0 Å². The molecule has 0 bridgehead atoms. The van der Waals surface area contributed by atoms with Crippen molar-refractivity contribution in [2.75, 3.05) is 0 Å². The normalized spacial score (nSPS) is 10.4. The van der Waals surface area contributed by atoms with Crippen molar-refractivity contribution in [3.63, 3.8) is 0 Å². The zero-order chi connectivity index (χ0) is 16.9.